The molecule has 4 rings (SSSR count). The second-order valence-electron chi connectivity index (χ2n) is 7.53. The summed E-state index contributed by atoms with van der Waals surface area (Å²) in [5, 5.41) is 15.7. The highest BCUT2D eigenvalue weighted by Crippen LogP contribution is 2.31. The van der Waals surface area contributed by atoms with Crippen molar-refractivity contribution in [3.8, 4) is 34.3 Å². The molecule has 0 spiro atoms. The van der Waals surface area contributed by atoms with Crippen LogP contribution in [0.4, 0.5) is 5.82 Å². The third-order valence-electron chi connectivity index (χ3n) is 5.53. The van der Waals surface area contributed by atoms with E-state index in [4.69, 9.17) is 15.0 Å². The minimum atomic E-state index is -0.192. The largest absolute Gasteiger partial charge is 0.497 e. The third-order valence-corrected chi connectivity index (χ3v) is 5.53. The number of nitriles is 1. The first kappa shape index (κ1) is 20.6. The van der Waals surface area contributed by atoms with Crippen LogP contribution in [0.15, 0.2) is 47.4 Å². The highest BCUT2D eigenvalue weighted by Gasteiger charge is 2.20. The predicted octanol–water partition coefficient (Wildman–Crippen LogP) is 2.41. The molecule has 8 nitrogen and oxygen atoms in total. The average molecular weight is 416 g/mol. The normalized spacial score (nSPS) is 15.5. The van der Waals surface area contributed by atoms with Crippen molar-refractivity contribution in [1.29, 1.82) is 5.26 Å². The molecule has 2 N–H and O–H groups in total. The first-order chi connectivity index (χ1) is 15.1. The molecule has 1 aliphatic heterocycles. The van der Waals surface area contributed by atoms with Crippen LogP contribution in [0.25, 0.3) is 22.5 Å². The lowest BCUT2D eigenvalue weighted by atomic mass is 10.0. The number of hydrogen-bond acceptors (Lipinski definition) is 7. The molecule has 1 atom stereocenters. The highest BCUT2D eigenvalue weighted by atomic mass is 16.5. The summed E-state index contributed by atoms with van der Waals surface area (Å²) in [5.41, 5.74) is 2.99. The smallest absolute Gasteiger partial charge is 0.293 e. The Morgan fingerprint density at radius 2 is 2.03 bits per heavy atom. The highest BCUT2D eigenvalue weighted by molar-refractivity contribution is 5.79. The van der Waals surface area contributed by atoms with E-state index in [1.807, 2.05) is 30.3 Å². The molecule has 0 aliphatic carbocycles. The van der Waals surface area contributed by atoms with Gasteiger partial charge in [0.25, 0.3) is 5.56 Å². The van der Waals surface area contributed by atoms with Crippen LogP contribution < -0.4 is 20.9 Å². The van der Waals surface area contributed by atoms with E-state index in [0.717, 1.165) is 36.4 Å². The zero-order valence-corrected chi connectivity index (χ0v) is 17.6. The van der Waals surface area contributed by atoms with Crippen LogP contribution in [-0.4, -0.2) is 41.3 Å². The van der Waals surface area contributed by atoms with Crippen LogP contribution in [0.3, 0.4) is 0 Å². The molecular formula is C23H24N6O2. The standard InChI is InChI=1S/C23H24N6O2/c1-29-21(16-4-7-19(31-2)8-5-16)20(17-3-6-18(11-24)26-14-17)28-22(23(29)30)27-13-15-9-10-25-12-15/h3-8,14-15,25H,9-10,12-13H2,1-2H3,(H,27,28)/t15-/m0/s1. The lowest BCUT2D eigenvalue weighted by Gasteiger charge is -2.17. The van der Waals surface area contributed by atoms with Gasteiger partial charge in [-0.05, 0) is 61.8 Å². The van der Waals surface area contributed by atoms with Crippen molar-refractivity contribution in [2.75, 3.05) is 32.1 Å². The van der Waals surface area contributed by atoms with E-state index in [1.54, 1.807) is 37.1 Å². The van der Waals surface area contributed by atoms with Crippen LogP contribution in [0.5, 0.6) is 5.75 Å². The fourth-order valence-electron chi connectivity index (χ4n) is 3.76. The number of anilines is 1. The van der Waals surface area contributed by atoms with Gasteiger partial charge >= 0.3 is 0 Å². The van der Waals surface area contributed by atoms with E-state index >= 15 is 0 Å². The molecule has 0 unspecified atom stereocenters. The summed E-state index contributed by atoms with van der Waals surface area (Å²) in [6.07, 6.45) is 2.69. The number of aromatic nitrogens is 3. The number of methoxy groups -OCH3 is 1. The van der Waals surface area contributed by atoms with Crippen LogP contribution in [-0.2, 0) is 7.05 Å². The molecule has 3 heterocycles. The molecular weight excluding hydrogens is 392 g/mol. The lowest BCUT2D eigenvalue weighted by Crippen LogP contribution is -2.27. The van der Waals surface area contributed by atoms with Crippen molar-refractivity contribution >= 4 is 5.82 Å². The minimum absolute atomic E-state index is 0.192. The van der Waals surface area contributed by atoms with Crippen molar-refractivity contribution in [2.45, 2.75) is 6.42 Å². The van der Waals surface area contributed by atoms with Gasteiger partial charge in [-0.25, -0.2) is 9.97 Å². The van der Waals surface area contributed by atoms with Gasteiger partial charge in [0, 0.05) is 30.9 Å². The summed E-state index contributed by atoms with van der Waals surface area (Å²) in [6.45, 7) is 2.61. The SMILES string of the molecule is COc1ccc(-c2c(-c3ccc(C#N)nc3)nc(NC[C@H]3CCNC3)c(=O)n2C)cc1. The second kappa shape index (κ2) is 8.98. The number of rotatable bonds is 6. The maximum absolute atomic E-state index is 13.1. The van der Waals surface area contributed by atoms with Gasteiger partial charge in [0.1, 0.15) is 17.5 Å². The van der Waals surface area contributed by atoms with Gasteiger partial charge in [0.2, 0.25) is 0 Å². The van der Waals surface area contributed by atoms with Gasteiger partial charge < -0.3 is 19.9 Å². The van der Waals surface area contributed by atoms with Gasteiger partial charge in [0.05, 0.1) is 18.5 Å². The van der Waals surface area contributed by atoms with E-state index in [0.29, 0.717) is 35.4 Å². The molecule has 1 fully saturated rings. The Morgan fingerprint density at radius 1 is 1.26 bits per heavy atom. The molecule has 1 aromatic carbocycles. The third kappa shape index (κ3) is 4.27. The Kier molecular flexibility index (Phi) is 5.96. The van der Waals surface area contributed by atoms with E-state index in [9.17, 15) is 4.79 Å². The van der Waals surface area contributed by atoms with E-state index in [-0.39, 0.29) is 5.56 Å². The van der Waals surface area contributed by atoms with Crippen LogP contribution >= 0.6 is 0 Å². The quantitative estimate of drug-likeness (QED) is 0.636. The van der Waals surface area contributed by atoms with Crippen molar-refractivity contribution in [3.63, 3.8) is 0 Å². The van der Waals surface area contributed by atoms with Crippen LogP contribution in [0, 0.1) is 17.2 Å². The van der Waals surface area contributed by atoms with Gasteiger partial charge in [0.15, 0.2) is 5.82 Å². The predicted molar refractivity (Wildman–Crippen MR) is 119 cm³/mol. The lowest BCUT2D eigenvalue weighted by molar-refractivity contribution is 0.415. The summed E-state index contributed by atoms with van der Waals surface area (Å²) in [5.74, 6) is 1.51. The van der Waals surface area contributed by atoms with Crippen LogP contribution in [0.2, 0.25) is 0 Å². The molecule has 8 heteroatoms. The topological polar surface area (TPSA) is 105 Å². The van der Waals surface area contributed by atoms with Crippen molar-refractivity contribution in [2.24, 2.45) is 13.0 Å². The number of pyridine rings is 1. The summed E-state index contributed by atoms with van der Waals surface area (Å²) in [6, 6.07) is 13.0. The van der Waals surface area contributed by atoms with E-state index in [1.165, 1.54) is 0 Å². The number of benzene rings is 1. The molecule has 3 aromatic rings. The molecule has 0 radical (unpaired) electrons. The summed E-state index contributed by atoms with van der Waals surface area (Å²) >= 11 is 0. The summed E-state index contributed by atoms with van der Waals surface area (Å²) in [4.78, 5) is 22.0. The van der Waals surface area contributed by atoms with E-state index in [2.05, 4.69) is 15.6 Å². The van der Waals surface area contributed by atoms with E-state index < -0.39 is 0 Å². The molecule has 1 aliphatic rings. The number of nitrogens with zero attached hydrogens (tertiary/aromatic N) is 4. The first-order valence-corrected chi connectivity index (χ1v) is 10.2. The maximum atomic E-state index is 13.1. The Balaban J connectivity index is 1.82. The minimum Gasteiger partial charge on any atom is -0.497 e. The zero-order chi connectivity index (χ0) is 21.8. The monoisotopic (exact) mass is 416 g/mol. The van der Waals surface area contributed by atoms with Gasteiger partial charge in [-0.1, -0.05) is 0 Å². The Morgan fingerprint density at radius 3 is 2.65 bits per heavy atom. The molecule has 2 aromatic heterocycles. The Labute approximate surface area is 180 Å². The van der Waals surface area contributed by atoms with Gasteiger partial charge in [-0.3, -0.25) is 4.79 Å². The van der Waals surface area contributed by atoms with Crippen molar-refractivity contribution in [1.82, 2.24) is 19.9 Å². The molecule has 0 amide bonds. The maximum Gasteiger partial charge on any atom is 0.293 e. The van der Waals surface area contributed by atoms with Crippen LogP contribution in [0.1, 0.15) is 12.1 Å². The van der Waals surface area contributed by atoms with Crippen molar-refractivity contribution in [3.05, 3.63) is 58.6 Å². The summed E-state index contributed by atoms with van der Waals surface area (Å²) in [7, 11) is 3.35. The Hall–Kier alpha value is -3.70. The van der Waals surface area contributed by atoms with Gasteiger partial charge in [-0.2, -0.15) is 5.26 Å². The average Bonchev–Trinajstić information content (AvgIpc) is 3.34. The number of nitrogens with one attached hydrogen (secondary N) is 2. The Bertz CT molecular complexity index is 1160. The zero-order valence-electron chi connectivity index (χ0n) is 17.6. The summed E-state index contributed by atoms with van der Waals surface area (Å²) < 4.78 is 6.87. The molecule has 158 valence electrons. The fourth-order valence-corrected chi connectivity index (χ4v) is 3.76. The number of hydrogen-bond donors (Lipinski definition) is 2. The number of ether oxygens (including phenoxy) is 1. The molecule has 31 heavy (non-hydrogen) atoms. The molecule has 1 saturated heterocycles. The molecule has 0 saturated carbocycles. The molecule has 0 bridgehead atoms. The van der Waals surface area contributed by atoms with Gasteiger partial charge in [-0.15, -0.1) is 0 Å². The first-order valence-electron chi connectivity index (χ1n) is 10.2. The second-order valence-corrected chi connectivity index (χ2v) is 7.53. The fraction of sp³-hybridized carbons (Fsp3) is 0.304. The van der Waals surface area contributed by atoms with Crippen molar-refractivity contribution < 1.29 is 4.74 Å².